The van der Waals surface area contributed by atoms with Gasteiger partial charge in [0.1, 0.15) is 5.75 Å². The minimum absolute atomic E-state index is 0.135. The molecule has 0 amide bonds. The molecule has 0 spiro atoms. The molecule has 2 aromatic carbocycles. The normalized spacial score (nSPS) is 11.7. The zero-order valence-corrected chi connectivity index (χ0v) is 12.0. The van der Waals surface area contributed by atoms with Crippen molar-refractivity contribution in [1.82, 2.24) is 0 Å². The molecule has 0 fully saturated rings. The van der Waals surface area contributed by atoms with Gasteiger partial charge in [-0.15, -0.1) is 0 Å². The van der Waals surface area contributed by atoms with Crippen LogP contribution >= 0.6 is 11.6 Å². The molecule has 0 heterocycles. The van der Waals surface area contributed by atoms with E-state index in [0.717, 1.165) is 0 Å². The molecule has 4 nitrogen and oxygen atoms in total. The van der Waals surface area contributed by atoms with E-state index < -0.39 is 12.1 Å². The van der Waals surface area contributed by atoms with E-state index in [9.17, 15) is 9.59 Å². The summed E-state index contributed by atoms with van der Waals surface area (Å²) in [6.45, 7) is 1.44. The van der Waals surface area contributed by atoms with Crippen LogP contribution in [-0.4, -0.2) is 23.0 Å². The number of aliphatic carboxylic acids is 1. The monoisotopic (exact) mass is 304 g/mol. The zero-order valence-electron chi connectivity index (χ0n) is 11.2. The number of carbonyl (C=O) groups is 2. The van der Waals surface area contributed by atoms with Crippen molar-refractivity contribution in [1.29, 1.82) is 0 Å². The third-order valence-corrected chi connectivity index (χ3v) is 3.14. The molecule has 1 unspecified atom stereocenters. The minimum Gasteiger partial charge on any atom is -0.479 e. The molecule has 0 radical (unpaired) electrons. The first kappa shape index (κ1) is 15.1. The summed E-state index contributed by atoms with van der Waals surface area (Å²) < 4.78 is 5.20. The van der Waals surface area contributed by atoms with Crippen LogP contribution in [0.25, 0.3) is 0 Å². The highest BCUT2D eigenvalue weighted by Gasteiger charge is 2.13. The third-order valence-electron chi connectivity index (χ3n) is 2.88. The van der Waals surface area contributed by atoms with Crippen LogP contribution in [-0.2, 0) is 4.79 Å². The number of rotatable bonds is 5. The van der Waals surface area contributed by atoms with Gasteiger partial charge in [-0.3, -0.25) is 4.79 Å². The Morgan fingerprint density at radius 1 is 1.00 bits per heavy atom. The summed E-state index contributed by atoms with van der Waals surface area (Å²) in [5, 5.41) is 9.33. The van der Waals surface area contributed by atoms with Crippen LogP contribution in [0, 0.1) is 0 Å². The van der Waals surface area contributed by atoms with Gasteiger partial charge in [0.15, 0.2) is 11.9 Å². The van der Waals surface area contributed by atoms with Gasteiger partial charge in [-0.25, -0.2) is 4.79 Å². The van der Waals surface area contributed by atoms with Gasteiger partial charge in [-0.2, -0.15) is 0 Å². The molecule has 0 bridgehead atoms. The molecule has 2 rings (SSSR count). The molecular formula is C16H13ClO4. The van der Waals surface area contributed by atoms with E-state index in [2.05, 4.69) is 0 Å². The minimum atomic E-state index is -1.05. The lowest BCUT2D eigenvalue weighted by Gasteiger charge is -2.10. The number of carboxylic acids is 1. The first-order chi connectivity index (χ1) is 9.97. The van der Waals surface area contributed by atoms with E-state index in [1.54, 1.807) is 48.5 Å². The Balaban J connectivity index is 2.13. The van der Waals surface area contributed by atoms with Gasteiger partial charge in [-0.05, 0) is 55.5 Å². The van der Waals surface area contributed by atoms with Crippen molar-refractivity contribution in [3.63, 3.8) is 0 Å². The molecule has 5 heteroatoms. The molecule has 0 aliphatic carbocycles. The van der Waals surface area contributed by atoms with Gasteiger partial charge in [0.2, 0.25) is 0 Å². The Hall–Kier alpha value is -2.33. The Morgan fingerprint density at radius 2 is 1.48 bits per heavy atom. The molecule has 0 saturated carbocycles. The summed E-state index contributed by atoms with van der Waals surface area (Å²) in [5.41, 5.74) is 1.03. The molecule has 0 aliphatic heterocycles. The van der Waals surface area contributed by atoms with E-state index in [1.165, 1.54) is 6.92 Å². The Bertz CT molecular complexity index is 647. The van der Waals surface area contributed by atoms with Crippen molar-refractivity contribution in [3.05, 3.63) is 64.7 Å². The summed E-state index contributed by atoms with van der Waals surface area (Å²) in [6, 6.07) is 13.0. The van der Waals surface area contributed by atoms with Crippen LogP contribution in [0.5, 0.6) is 5.75 Å². The number of benzene rings is 2. The van der Waals surface area contributed by atoms with E-state index in [-0.39, 0.29) is 5.78 Å². The Morgan fingerprint density at radius 3 is 1.95 bits per heavy atom. The lowest BCUT2D eigenvalue weighted by molar-refractivity contribution is -0.144. The second-order valence-corrected chi connectivity index (χ2v) is 4.90. The molecule has 0 aliphatic rings. The molecule has 2 aromatic rings. The average Bonchev–Trinajstić information content (AvgIpc) is 2.48. The fourth-order valence-electron chi connectivity index (χ4n) is 1.71. The van der Waals surface area contributed by atoms with Gasteiger partial charge in [0.05, 0.1) is 0 Å². The summed E-state index contributed by atoms with van der Waals surface area (Å²) in [5.74, 6) is -0.779. The first-order valence-corrected chi connectivity index (χ1v) is 6.65. The largest absolute Gasteiger partial charge is 0.479 e. The van der Waals surface area contributed by atoms with Gasteiger partial charge in [0.25, 0.3) is 0 Å². The predicted octanol–water partition coefficient (Wildman–Crippen LogP) is 3.42. The van der Waals surface area contributed by atoms with Gasteiger partial charge >= 0.3 is 5.97 Å². The number of carbonyl (C=O) groups excluding carboxylic acids is 1. The van der Waals surface area contributed by atoms with Crippen LogP contribution in [0.2, 0.25) is 5.02 Å². The van der Waals surface area contributed by atoms with Crippen LogP contribution in [0.15, 0.2) is 48.5 Å². The second kappa shape index (κ2) is 6.41. The standard InChI is InChI=1S/C16H13ClO4/c1-10(16(19)20)21-14-8-4-12(5-9-14)15(18)11-2-6-13(17)7-3-11/h2-10H,1H3,(H,19,20). The summed E-state index contributed by atoms with van der Waals surface area (Å²) in [6.07, 6.45) is -0.942. The third kappa shape index (κ3) is 3.83. The topological polar surface area (TPSA) is 63.6 Å². The van der Waals surface area contributed by atoms with Gasteiger partial charge in [-0.1, -0.05) is 11.6 Å². The highest BCUT2D eigenvalue weighted by Crippen LogP contribution is 2.18. The molecule has 21 heavy (non-hydrogen) atoms. The maximum atomic E-state index is 12.2. The van der Waals surface area contributed by atoms with Crippen molar-refractivity contribution in [3.8, 4) is 5.75 Å². The Kier molecular flexibility index (Phi) is 4.60. The fourth-order valence-corrected chi connectivity index (χ4v) is 1.83. The SMILES string of the molecule is CC(Oc1ccc(C(=O)c2ccc(Cl)cc2)cc1)C(=O)O. The van der Waals surface area contributed by atoms with Crippen LogP contribution in [0.1, 0.15) is 22.8 Å². The second-order valence-electron chi connectivity index (χ2n) is 4.46. The number of ether oxygens (including phenoxy) is 1. The number of hydrogen-bond donors (Lipinski definition) is 1. The zero-order chi connectivity index (χ0) is 15.4. The highest BCUT2D eigenvalue weighted by atomic mass is 35.5. The lowest BCUT2D eigenvalue weighted by atomic mass is 10.0. The lowest BCUT2D eigenvalue weighted by Crippen LogP contribution is -2.22. The Labute approximate surface area is 126 Å². The van der Waals surface area contributed by atoms with Crippen LogP contribution in [0.4, 0.5) is 0 Å². The van der Waals surface area contributed by atoms with E-state index in [4.69, 9.17) is 21.4 Å². The number of ketones is 1. The highest BCUT2D eigenvalue weighted by molar-refractivity contribution is 6.30. The maximum absolute atomic E-state index is 12.2. The molecule has 108 valence electrons. The molecule has 0 saturated heterocycles. The number of carboxylic acid groups (broad SMARTS) is 1. The molecule has 1 atom stereocenters. The predicted molar refractivity (Wildman–Crippen MR) is 79.1 cm³/mol. The number of halogens is 1. The van der Waals surface area contributed by atoms with Crippen LogP contribution < -0.4 is 4.74 Å². The van der Waals surface area contributed by atoms with E-state index in [0.29, 0.717) is 21.9 Å². The van der Waals surface area contributed by atoms with Crippen LogP contribution in [0.3, 0.4) is 0 Å². The average molecular weight is 305 g/mol. The maximum Gasteiger partial charge on any atom is 0.344 e. The number of hydrogen-bond acceptors (Lipinski definition) is 3. The first-order valence-electron chi connectivity index (χ1n) is 6.27. The van der Waals surface area contributed by atoms with Crippen molar-refractivity contribution >= 4 is 23.4 Å². The van der Waals surface area contributed by atoms with Gasteiger partial charge in [0, 0.05) is 16.1 Å². The fraction of sp³-hybridized carbons (Fsp3) is 0.125. The van der Waals surface area contributed by atoms with E-state index in [1.807, 2.05) is 0 Å². The molecule has 0 aromatic heterocycles. The summed E-state index contributed by atoms with van der Waals surface area (Å²) in [7, 11) is 0. The van der Waals surface area contributed by atoms with Crippen molar-refractivity contribution < 1.29 is 19.4 Å². The molecular weight excluding hydrogens is 292 g/mol. The quantitative estimate of drug-likeness (QED) is 0.860. The van der Waals surface area contributed by atoms with E-state index >= 15 is 0 Å². The summed E-state index contributed by atoms with van der Waals surface area (Å²) in [4.78, 5) is 22.9. The summed E-state index contributed by atoms with van der Waals surface area (Å²) >= 11 is 5.78. The molecule has 1 N–H and O–H groups in total. The van der Waals surface area contributed by atoms with Crippen molar-refractivity contribution in [2.75, 3.05) is 0 Å². The van der Waals surface area contributed by atoms with Crippen molar-refractivity contribution in [2.24, 2.45) is 0 Å². The smallest absolute Gasteiger partial charge is 0.344 e. The van der Waals surface area contributed by atoms with Gasteiger partial charge < -0.3 is 9.84 Å². The van der Waals surface area contributed by atoms with Crippen molar-refractivity contribution in [2.45, 2.75) is 13.0 Å².